The fourth-order valence-electron chi connectivity index (χ4n) is 2.42. The predicted molar refractivity (Wildman–Crippen MR) is 95.0 cm³/mol. The van der Waals surface area contributed by atoms with Crippen LogP contribution in [0.25, 0.3) is 0 Å². The van der Waals surface area contributed by atoms with Crippen molar-refractivity contribution < 1.29 is 24.6 Å². The molecule has 1 aliphatic heterocycles. The van der Waals surface area contributed by atoms with Crippen LogP contribution in [0.3, 0.4) is 0 Å². The minimum atomic E-state index is -1.82. The maximum Gasteiger partial charge on any atom is 0.414 e. The molecule has 2 aromatic heterocycles. The van der Waals surface area contributed by atoms with E-state index in [-0.39, 0.29) is 5.91 Å². The fourth-order valence-corrected chi connectivity index (χ4v) is 3.11. The molecule has 1 saturated heterocycles. The van der Waals surface area contributed by atoms with E-state index >= 15 is 0 Å². The lowest BCUT2D eigenvalue weighted by molar-refractivity contribution is -0.159. The van der Waals surface area contributed by atoms with Crippen molar-refractivity contribution in [2.45, 2.75) is 6.54 Å². The van der Waals surface area contributed by atoms with Gasteiger partial charge < -0.3 is 15.1 Å². The number of piperazine rings is 1. The average molecular weight is 377 g/mol. The molecule has 2 N–H and O–H groups in total. The summed E-state index contributed by atoms with van der Waals surface area (Å²) in [5.41, 5.74) is 1.23. The molecule has 0 spiro atoms. The molecule has 3 rings (SSSR count). The number of amides is 1. The van der Waals surface area contributed by atoms with E-state index in [1.165, 1.54) is 16.9 Å². The van der Waals surface area contributed by atoms with E-state index in [1.54, 1.807) is 6.20 Å². The highest BCUT2D eigenvalue weighted by Gasteiger charge is 2.22. The molecule has 0 bridgehead atoms. The number of nitrogens with zero attached hydrogens (tertiary/aromatic N) is 3. The molecule has 2 aromatic rings. The quantitative estimate of drug-likeness (QED) is 0.775. The highest BCUT2D eigenvalue weighted by molar-refractivity contribution is 7.12. The summed E-state index contributed by atoms with van der Waals surface area (Å²) in [4.78, 5) is 39.7. The van der Waals surface area contributed by atoms with Gasteiger partial charge >= 0.3 is 11.9 Å². The topological polar surface area (TPSA) is 111 Å². The fraction of sp³-hybridized carbons (Fsp3) is 0.294. The second-order valence-electron chi connectivity index (χ2n) is 5.52. The monoisotopic (exact) mass is 377 g/mol. The number of carboxylic acid groups (broad SMARTS) is 2. The van der Waals surface area contributed by atoms with Crippen molar-refractivity contribution in [2.24, 2.45) is 0 Å². The molecule has 0 atom stereocenters. The Morgan fingerprint density at radius 2 is 1.73 bits per heavy atom. The van der Waals surface area contributed by atoms with E-state index in [1.807, 2.05) is 34.7 Å². The van der Waals surface area contributed by atoms with Gasteiger partial charge in [0.05, 0.1) is 4.88 Å². The summed E-state index contributed by atoms with van der Waals surface area (Å²) < 4.78 is 0. The molecule has 1 fully saturated rings. The molecule has 0 aliphatic carbocycles. The summed E-state index contributed by atoms with van der Waals surface area (Å²) in [5, 5.41) is 16.7. The zero-order chi connectivity index (χ0) is 18.9. The van der Waals surface area contributed by atoms with Gasteiger partial charge in [0.15, 0.2) is 0 Å². The van der Waals surface area contributed by atoms with Gasteiger partial charge in [0, 0.05) is 45.1 Å². The molecule has 138 valence electrons. The molecule has 26 heavy (non-hydrogen) atoms. The zero-order valence-corrected chi connectivity index (χ0v) is 14.8. The summed E-state index contributed by atoms with van der Waals surface area (Å²) in [7, 11) is 0. The Balaban J connectivity index is 0.000000352. The molecule has 0 unspecified atom stereocenters. The average Bonchev–Trinajstić information content (AvgIpc) is 3.18. The number of hydrogen-bond donors (Lipinski definition) is 2. The zero-order valence-electron chi connectivity index (χ0n) is 13.9. The molecule has 8 nitrogen and oxygen atoms in total. The van der Waals surface area contributed by atoms with Crippen LogP contribution in [0.5, 0.6) is 0 Å². The van der Waals surface area contributed by atoms with Crippen LogP contribution in [0.1, 0.15) is 15.2 Å². The van der Waals surface area contributed by atoms with Gasteiger partial charge in [0.1, 0.15) is 0 Å². The Bertz CT molecular complexity index is 716. The van der Waals surface area contributed by atoms with Gasteiger partial charge in [-0.25, -0.2) is 9.59 Å². The van der Waals surface area contributed by atoms with Gasteiger partial charge in [0.25, 0.3) is 5.91 Å². The number of pyridine rings is 1. The lowest BCUT2D eigenvalue weighted by atomic mass is 10.2. The van der Waals surface area contributed by atoms with Gasteiger partial charge in [-0.3, -0.25) is 14.7 Å². The molecular weight excluding hydrogens is 358 g/mol. The first-order valence-corrected chi connectivity index (χ1v) is 8.75. The molecule has 0 saturated carbocycles. The number of carbonyl (C=O) groups is 3. The maximum absolute atomic E-state index is 12.2. The minimum Gasteiger partial charge on any atom is -0.473 e. The minimum absolute atomic E-state index is 0.168. The Kier molecular flexibility index (Phi) is 7.24. The Morgan fingerprint density at radius 1 is 1.04 bits per heavy atom. The van der Waals surface area contributed by atoms with Crippen molar-refractivity contribution in [3.05, 3.63) is 52.5 Å². The molecule has 3 heterocycles. The van der Waals surface area contributed by atoms with Gasteiger partial charge in [-0.2, -0.15) is 0 Å². The Hall–Kier alpha value is -2.78. The number of hydrogen-bond acceptors (Lipinski definition) is 6. The van der Waals surface area contributed by atoms with E-state index < -0.39 is 11.9 Å². The van der Waals surface area contributed by atoms with Crippen molar-refractivity contribution >= 4 is 29.2 Å². The first-order chi connectivity index (χ1) is 12.5. The van der Waals surface area contributed by atoms with Gasteiger partial charge in [-0.15, -0.1) is 11.3 Å². The lowest BCUT2D eigenvalue weighted by Gasteiger charge is -2.34. The third-order valence-electron chi connectivity index (χ3n) is 3.70. The van der Waals surface area contributed by atoms with Crippen LogP contribution in [0, 0.1) is 0 Å². The molecule has 1 aliphatic rings. The van der Waals surface area contributed by atoms with Gasteiger partial charge in [0.2, 0.25) is 0 Å². The van der Waals surface area contributed by atoms with E-state index in [0.29, 0.717) is 0 Å². The van der Waals surface area contributed by atoms with Crippen LogP contribution < -0.4 is 0 Å². The molecule has 1 amide bonds. The number of aromatic nitrogens is 1. The third kappa shape index (κ3) is 5.94. The first-order valence-electron chi connectivity index (χ1n) is 7.87. The second kappa shape index (κ2) is 9.64. The van der Waals surface area contributed by atoms with E-state index in [0.717, 1.165) is 37.6 Å². The molecule has 9 heteroatoms. The van der Waals surface area contributed by atoms with Crippen LogP contribution in [-0.2, 0) is 16.1 Å². The first kappa shape index (κ1) is 19.5. The van der Waals surface area contributed by atoms with Crippen molar-refractivity contribution in [2.75, 3.05) is 26.2 Å². The van der Waals surface area contributed by atoms with Gasteiger partial charge in [-0.05, 0) is 23.1 Å². The Labute approximate surface area is 154 Å². The normalized spacial score (nSPS) is 14.2. The van der Waals surface area contributed by atoms with E-state index in [9.17, 15) is 4.79 Å². The van der Waals surface area contributed by atoms with Crippen molar-refractivity contribution in [1.82, 2.24) is 14.8 Å². The van der Waals surface area contributed by atoms with Crippen molar-refractivity contribution in [1.29, 1.82) is 0 Å². The smallest absolute Gasteiger partial charge is 0.414 e. The highest BCUT2D eigenvalue weighted by atomic mass is 32.1. The summed E-state index contributed by atoms with van der Waals surface area (Å²) in [6.07, 6.45) is 3.70. The second-order valence-corrected chi connectivity index (χ2v) is 6.46. The summed E-state index contributed by atoms with van der Waals surface area (Å²) in [6.45, 7) is 4.36. The summed E-state index contributed by atoms with van der Waals surface area (Å²) in [5.74, 6) is -3.48. The van der Waals surface area contributed by atoms with Crippen LogP contribution in [-0.4, -0.2) is 69.0 Å². The maximum atomic E-state index is 12.2. The number of carbonyl (C=O) groups excluding carboxylic acids is 1. The Morgan fingerprint density at radius 3 is 2.23 bits per heavy atom. The summed E-state index contributed by atoms with van der Waals surface area (Å²) in [6, 6.07) is 7.88. The number of aliphatic carboxylic acids is 2. The van der Waals surface area contributed by atoms with Crippen LogP contribution in [0.2, 0.25) is 0 Å². The van der Waals surface area contributed by atoms with Crippen LogP contribution in [0.15, 0.2) is 42.0 Å². The SMILES string of the molecule is O=C(O)C(=O)O.O=C(c1cccs1)N1CCN(Cc2cccnc2)CC1. The highest BCUT2D eigenvalue weighted by Crippen LogP contribution is 2.14. The molecule has 0 aromatic carbocycles. The molecular formula is C17H19N3O5S. The largest absolute Gasteiger partial charge is 0.473 e. The molecule has 0 radical (unpaired) electrons. The summed E-state index contributed by atoms with van der Waals surface area (Å²) >= 11 is 1.52. The third-order valence-corrected chi connectivity index (χ3v) is 4.56. The number of thiophene rings is 1. The predicted octanol–water partition coefficient (Wildman–Crippen LogP) is 1.26. The van der Waals surface area contributed by atoms with Crippen LogP contribution >= 0.6 is 11.3 Å². The van der Waals surface area contributed by atoms with Crippen LogP contribution in [0.4, 0.5) is 0 Å². The van der Waals surface area contributed by atoms with Crippen molar-refractivity contribution in [3.63, 3.8) is 0 Å². The standard InChI is InChI=1S/C15H17N3OS.C2H2O4/c19-15(14-4-2-10-20-14)18-8-6-17(7-9-18)12-13-3-1-5-16-11-13;3-1(4)2(5)6/h1-5,10-11H,6-9,12H2;(H,3,4)(H,5,6). The van der Waals surface area contributed by atoms with Crippen molar-refractivity contribution in [3.8, 4) is 0 Å². The van der Waals surface area contributed by atoms with E-state index in [4.69, 9.17) is 19.8 Å². The lowest BCUT2D eigenvalue weighted by Crippen LogP contribution is -2.48. The van der Waals surface area contributed by atoms with E-state index in [2.05, 4.69) is 16.0 Å². The van der Waals surface area contributed by atoms with Gasteiger partial charge in [-0.1, -0.05) is 12.1 Å². The number of rotatable bonds is 3. The number of carboxylic acids is 2.